The number of nitrogens with zero attached hydrogens (tertiary/aromatic N) is 1. The Balaban J connectivity index is 2.08. The summed E-state index contributed by atoms with van der Waals surface area (Å²) < 4.78 is 0. The molecule has 1 saturated carbocycles. The Labute approximate surface area is 110 Å². The van der Waals surface area contributed by atoms with Crippen LogP contribution in [-0.2, 0) is 4.84 Å². The molecule has 0 aromatic heterocycles. The number of rotatable bonds is 4. The number of nitro benzene ring substituents is 1. The highest BCUT2D eigenvalue weighted by Gasteiger charge is 2.22. The quantitative estimate of drug-likeness (QED) is 0.669. The summed E-state index contributed by atoms with van der Waals surface area (Å²) in [6.07, 6.45) is 4.02. The highest BCUT2D eigenvalue weighted by atomic mass is 16.7. The van der Waals surface area contributed by atoms with Crippen LogP contribution in [-0.4, -0.2) is 16.9 Å². The number of benzene rings is 1. The summed E-state index contributed by atoms with van der Waals surface area (Å²) in [6, 6.07) is 4.43. The highest BCUT2D eigenvalue weighted by Crippen LogP contribution is 2.22. The molecule has 1 aliphatic rings. The first kappa shape index (κ1) is 13.5. The van der Waals surface area contributed by atoms with Gasteiger partial charge in [0.15, 0.2) is 0 Å². The molecule has 0 spiro atoms. The Hall–Kier alpha value is -1.95. The Morgan fingerprint density at radius 3 is 2.74 bits per heavy atom. The largest absolute Gasteiger partial charge is 0.282 e. The Morgan fingerprint density at radius 2 is 2.11 bits per heavy atom. The van der Waals surface area contributed by atoms with Crippen LogP contribution in [0.15, 0.2) is 18.2 Å². The fraction of sp³-hybridized carbons (Fsp3) is 0.462. The Kier molecular flexibility index (Phi) is 4.11. The van der Waals surface area contributed by atoms with E-state index in [1.54, 1.807) is 13.0 Å². The van der Waals surface area contributed by atoms with E-state index in [2.05, 4.69) is 5.48 Å². The molecule has 0 aliphatic heterocycles. The monoisotopic (exact) mass is 264 g/mol. The smallest absolute Gasteiger partial charge is 0.270 e. The number of carbonyl (C=O) groups excluding carboxylic acids is 1. The van der Waals surface area contributed by atoms with E-state index in [-0.39, 0.29) is 17.4 Å². The number of hydrogen-bond acceptors (Lipinski definition) is 4. The molecule has 6 heteroatoms. The molecule has 6 nitrogen and oxygen atoms in total. The van der Waals surface area contributed by atoms with Crippen molar-refractivity contribution in [1.82, 2.24) is 5.48 Å². The number of hydroxylamine groups is 1. The molecule has 0 unspecified atom stereocenters. The number of nitrogens with one attached hydrogen (secondary N) is 1. The maximum atomic E-state index is 11.9. The molecule has 1 N–H and O–H groups in total. The molecule has 0 saturated heterocycles. The zero-order valence-electron chi connectivity index (χ0n) is 10.7. The van der Waals surface area contributed by atoms with Gasteiger partial charge in [0.25, 0.3) is 11.6 Å². The third kappa shape index (κ3) is 3.29. The van der Waals surface area contributed by atoms with Crippen molar-refractivity contribution in [2.75, 3.05) is 0 Å². The van der Waals surface area contributed by atoms with Crippen LogP contribution in [0.5, 0.6) is 0 Å². The fourth-order valence-electron chi connectivity index (χ4n) is 2.19. The maximum absolute atomic E-state index is 11.9. The van der Waals surface area contributed by atoms with E-state index in [1.807, 2.05) is 0 Å². The van der Waals surface area contributed by atoms with Crippen LogP contribution in [0.2, 0.25) is 0 Å². The normalized spacial score (nSPS) is 15.4. The first-order valence-electron chi connectivity index (χ1n) is 6.29. The summed E-state index contributed by atoms with van der Waals surface area (Å²) in [7, 11) is 0. The lowest BCUT2D eigenvalue weighted by Crippen LogP contribution is -2.28. The van der Waals surface area contributed by atoms with E-state index < -0.39 is 10.8 Å². The van der Waals surface area contributed by atoms with Crippen LogP contribution in [0.4, 0.5) is 5.69 Å². The predicted molar refractivity (Wildman–Crippen MR) is 68.6 cm³/mol. The van der Waals surface area contributed by atoms with Gasteiger partial charge in [0.05, 0.1) is 11.0 Å². The van der Waals surface area contributed by atoms with Gasteiger partial charge in [-0.3, -0.25) is 19.7 Å². The van der Waals surface area contributed by atoms with Crippen molar-refractivity contribution < 1.29 is 14.6 Å². The van der Waals surface area contributed by atoms with Gasteiger partial charge in [0.2, 0.25) is 0 Å². The molecular formula is C13H16N2O4. The van der Waals surface area contributed by atoms with Crippen molar-refractivity contribution in [3.05, 3.63) is 39.4 Å². The maximum Gasteiger partial charge on any atom is 0.282 e. The summed E-state index contributed by atoms with van der Waals surface area (Å²) >= 11 is 0. The molecule has 0 radical (unpaired) electrons. The number of nitro groups is 1. The Bertz CT molecular complexity index is 495. The van der Waals surface area contributed by atoms with Gasteiger partial charge >= 0.3 is 0 Å². The molecule has 1 aliphatic carbocycles. The van der Waals surface area contributed by atoms with Gasteiger partial charge in [0.1, 0.15) is 5.56 Å². The highest BCUT2D eigenvalue weighted by molar-refractivity contribution is 5.97. The van der Waals surface area contributed by atoms with Gasteiger partial charge in [-0.2, -0.15) is 0 Å². The zero-order valence-corrected chi connectivity index (χ0v) is 10.7. The molecule has 0 bridgehead atoms. The van der Waals surface area contributed by atoms with Crippen molar-refractivity contribution in [2.45, 2.75) is 38.7 Å². The third-order valence-electron chi connectivity index (χ3n) is 3.21. The second kappa shape index (κ2) is 5.79. The summed E-state index contributed by atoms with van der Waals surface area (Å²) in [5, 5.41) is 10.9. The van der Waals surface area contributed by atoms with E-state index >= 15 is 0 Å². The SMILES string of the molecule is Cc1ccc([N+](=O)[O-])c(C(=O)NOC2CCCC2)c1. The standard InChI is InChI=1S/C13H16N2O4/c1-9-6-7-12(15(17)18)11(8-9)13(16)14-19-10-4-2-3-5-10/h6-8,10H,2-5H2,1H3,(H,14,16). The van der Waals surface area contributed by atoms with E-state index in [1.165, 1.54) is 12.1 Å². The van der Waals surface area contributed by atoms with Crippen LogP contribution in [0.3, 0.4) is 0 Å². The molecule has 102 valence electrons. The van der Waals surface area contributed by atoms with E-state index in [0.29, 0.717) is 0 Å². The van der Waals surface area contributed by atoms with Gasteiger partial charge in [-0.15, -0.1) is 0 Å². The number of hydrogen-bond donors (Lipinski definition) is 1. The zero-order chi connectivity index (χ0) is 13.8. The molecule has 1 aromatic carbocycles. The minimum Gasteiger partial charge on any atom is -0.270 e. The van der Waals surface area contributed by atoms with E-state index in [0.717, 1.165) is 31.2 Å². The first-order chi connectivity index (χ1) is 9.08. The van der Waals surface area contributed by atoms with Crippen LogP contribution >= 0.6 is 0 Å². The molecule has 19 heavy (non-hydrogen) atoms. The topological polar surface area (TPSA) is 81.5 Å². The molecule has 2 rings (SSSR count). The predicted octanol–water partition coefficient (Wildman–Crippen LogP) is 2.51. The molecule has 0 atom stereocenters. The molecule has 1 fully saturated rings. The number of amides is 1. The lowest BCUT2D eigenvalue weighted by Gasteiger charge is -2.11. The molecular weight excluding hydrogens is 248 g/mol. The van der Waals surface area contributed by atoms with Gasteiger partial charge < -0.3 is 0 Å². The lowest BCUT2D eigenvalue weighted by molar-refractivity contribution is -0.385. The van der Waals surface area contributed by atoms with E-state index in [4.69, 9.17) is 4.84 Å². The summed E-state index contributed by atoms with van der Waals surface area (Å²) in [5.41, 5.74) is 2.93. The third-order valence-corrected chi connectivity index (χ3v) is 3.21. The van der Waals surface area contributed by atoms with Gasteiger partial charge in [-0.05, 0) is 31.4 Å². The molecule has 1 amide bonds. The van der Waals surface area contributed by atoms with Crippen molar-refractivity contribution in [3.8, 4) is 0 Å². The van der Waals surface area contributed by atoms with Gasteiger partial charge in [-0.25, -0.2) is 5.48 Å². The van der Waals surface area contributed by atoms with Crippen LogP contribution in [0.25, 0.3) is 0 Å². The fourth-order valence-corrected chi connectivity index (χ4v) is 2.19. The molecule has 1 aromatic rings. The minimum absolute atomic E-state index is 0.0211. The number of aryl methyl sites for hydroxylation is 1. The number of carbonyl (C=O) groups is 1. The summed E-state index contributed by atoms with van der Waals surface area (Å²) in [5.74, 6) is -0.567. The second-order valence-corrected chi connectivity index (χ2v) is 4.73. The minimum atomic E-state index is -0.567. The summed E-state index contributed by atoms with van der Waals surface area (Å²) in [6.45, 7) is 1.78. The van der Waals surface area contributed by atoms with Gasteiger partial charge in [0, 0.05) is 6.07 Å². The average Bonchev–Trinajstić information content (AvgIpc) is 2.88. The van der Waals surface area contributed by atoms with Gasteiger partial charge in [-0.1, -0.05) is 18.9 Å². The second-order valence-electron chi connectivity index (χ2n) is 4.73. The van der Waals surface area contributed by atoms with Crippen molar-refractivity contribution >= 4 is 11.6 Å². The Morgan fingerprint density at radius 1 is 1.42 bits per heavy atom. The molecule has 0 heterocycles. The van der Waals surface area contributed by atoms with Crippen LogP contribution < -0.4 is 5.48 Å². The van der Waals surface area contributed by atoms with Crippen molar-refractivity contribution in [2.24, 2.45) is 0 Å². The van der Waals surface area contributed by atoms with E-state index in [9.17, 15) is 14.9 Å². The van der Waals surface area contributed by atoms with Crippen molar-refractivity contribution in [3.63, 3.8) is 0 Å². The summed E-state index contributed by atoms with van der Waals surface area (Å²) in [4.78, 5) is 27.5. The van der Waals surface area contributed by atoms with Crippen LogP contribution in [0.1, 0.15) is 41.6 Å². The van der Waals surface area contributed by atoms with Crippen LogP contribution in [0, 0.1) is 17.0 Å². The lowest BCUT2D eigenvalue weighted by atomic mass is 10.1. The first-order valence-corrected chi connectivity index (χ1v) is 6.29. The average molecular weight is 264 g/mol. The van der Waals surface area contributed by atoms with Crippen molar-refractivity contribution in [1.29, 1.82) is 0 Å².